The molecule has 1 aromatic heterocycles. The minimum absolute atomic E-state index is 0.235. The number of nitrogens with zero attached hydrogens (tertiary/aromatic N) is 1. The number of hydrogen-bond acceptors (Lipinski definition) is 4. The van der Waals surface area contributed by atoms with E-state index in [-0.39, 0.29) is 6.04 Å². The molecule has 0 spiro atoms. The van der Waals surface area contributed by atoms with Crippen molar-refractivity contribution in [3.63, 3.8) is 0 Å². The van der Waals surface area contributed by atoms with Gasteiger partial charge in [0.1, 0.15) is 5.82 Å². The standard InChI is InChI=1S/C14H18N4/c1-10-3-5-12(6-4-10)11(2)17-13-7-8-16-14(9-13)18-15/h3-9,11H,15H2,1-2H3,(H2,16,17,18). The fourth-order valence-electron chi connectivity index (χ4n) is 1.79. The summed E-state index contributed by atoms with van der Waals surface area (Å²) in [4.78, 5) is 4.07. The summed E-state index contributed by atoms with van der Waals surface area (Å²) >= 11 is 0. The highest BCUT2D eigenvalue weighted by molar-refractivity contribution is 5.52. The molecule has 0 aliphatic heterocycles. The van der Waals surface area contributed by atoms with Gasteiger partial charge in [0.05, 0.1) is 0 Å². The Kier molecular flexibility index (Phi) is 3.79. The van der Waals surface area contributed by atoms with Crippen molar-refractivity contribution in [2.24, 2.45) is 5.84 Å². The number of rotatable bonds is 4. The third kappa shape index (κ3) is 2.99. The van der Waals surface area contributed by atoms with Crippen LogP contribution in [0.15, 0.2) is 42.6 Å². The summed E-state index contributed by atoms with van der Waals surface area (Å²) in [6, 6.07) is 12.5. The molecule has 0 aliphatic carbocycles. The molecular formula is C14H18N4. The van der Waals surface area contributed by atoms with Gasteiger partial charge >= 0.3 is 0 Å². The van der Waals surface area contributed by atoms with Crippen LogP contribution in [0.5, 0.6) is 0 Å². The van der Waals surface area contributed by atoms with Gasteiger partial charge in [-0.15, -0.1) is 0 Å². The first-order chi connectivity index (χ1) is 8.69. The average molecular weight is 242 g/mol. The first kappa shape index (κ1) is 12.4. The Bertz CT molecular complexity index is 507. The number of anilines is 2. The number of hydrazine groups is 1. The lowest BCUT2D eigenvalue weighted by Crippen LogP contribution is -2.10. The van der Waals surface area contributed by atoms with Crippen molar-refractivity contribution in [1.82, 2.24) is 4.98 Å². The third-order valence-electron chi connectivity index (χ3n) is 2.87. The van der Waals surface area contributed by atoms with Crippen LogP contribution in [0.3, 0.4) is 0 Å². The van der Waals surface area contributed by atoms with Gasteiger partial charge in [-0.2, -0.15) is 0 Å². The summed E-state index contributed by atoms with van der Waals surface area (Å²) in [5.74, 6) is 5.99. The van der Waals surface area contributed by atoms with Crippen molar-refractivity contribution >= 4 is 11.5 Å². The topological polar surface area (TPSA) is 63.0 Å². The zero-order valence-corrected chi connectivity index (χ0v) is 10.6. The maximum atomic E-state index is 5.34. The largest absolute Gasteiger partial charge is 0.378 e. The molecule has 2 rings (SSSR count). The van der Waals surface area contributed by atoms with Crippen LogP contribution in [0.1, 0.15) is 24.1 Å². The second kappa shape index (κ2) is 5.51. The van der Waals surface area contributed by atoms with Crippen molar-refractivity contribution in [2.75, 3.05) is 10.7 Å². The molecular weight excluding hydrogens is 224 g/mol. The minimum Gasteiger partial charge on any atom is -0.378 e. The summed E-state index contributed by atoms with van der Waals surface area (Å²) < 4.78 is 0. The Balaban J connectivity index is 2.10. The second-order valence-electron chi connectivity index (χ2n) is 4.35. The molecule has 0 bridgehead atoms. The molecule has 0 aliphatic rings. The van der Waals surface area contributed by atoms with E-state index < -0.39 is 0 Å². The smallest absolute Gasteiger partial charge is 0.141 e. The number of nitrogen functional groups attached to an aromatic ring is 1. The fraction of sp³-hybridized carbons (Fsp3) is 0.214. The molecule has 2 aromatic rings. The number of pyridine rings is 1. The maximum absolute atomic E-state index is 5.34. The highest BCUT2D eigenvalue weighted by atomic mass is 15.2. The molecule has 1 heterocycles. The van der Waals surface area contributed by atoms with Crippen molar-refractivity contribution in [3.05, 3.63) is 53.7 Å². The van der Waals surface area contributed by atoms with E-state index in [0.29, 0.717) is 5.82 Å². The van der Waals surface area contributed by atoms with Crippen molar-refractivity contribution in [2.45, 2.75) is 19.9 Å². The van der Waals surface area contributed by atoms with Gasteiger partial charge in [0.2, 0.25) is 0 Å². The molecule has 1 atom stereocenters. The van der Waals surface area contributed by atoms with E-state index in [0.717, 1.165) is 5.69 Å². The number of benzene rings is 1. The zero-order chi connectivity index (χ0) is 13.0. The normalized spacial score (nSPS) is 11.9. The van der Waals surface area contributed by atoms with Gasteiger partial charge in [-0.05, 0) is 25.5 Å². The fourth-order valence-corrected chi connectivity index (χ4v) is 1.79. The predicted molar refractivity (Wildman–Crippen MR) is 75.3 cm³/mol. The molecule has 18 heavy (non-hydrogen) atoms. The van der Waals surface area contributed by atoms with E-state index in [1.54, 1.807) is 6.20 Å². The monoisotopic (exact) mass is 242 g/mol. The first-order valence-electron chi connectivity index (χ1n) is 5.95. The van der Waals surface area contributed by atoms with Crippen LogP contribution in [-0.2, 0) is 0 Å². The maximum Gasteiger partial charge on any atom is 0.141 e. The summed E-state index contributed by atoms with van der Waals surface area (Å²) in [5.41, 5.74) is 6.05. The SMILES string of the molecule is Cc1ccc(C(C)Nc2ccnc(NN)c2)cc1. The Morgan fingerprint density at radius 2 is 1.89 bits per heavy atom. The van der Waals surface area contributed by atoms with Crippen LogP contribution in [0, 0.1) is 6.92 Å². The van der Waals surface area contributed by atoms with Gasteiger partial charge in [-0.1, -0.05) is 29.8 Å². The number of hydrogen-bond donors (Lipinski definition) is 3. The number of nitrogens with two attached hydrogens (primary N) is 1. The third-order valence-corrected chi connectivity index (χ3v) is 2.87. The van der Waals surface area contributed by atoms with Crippen LogP contribution in [0.25, 0.3) is 0 Å². The molecule has 1 unspecified atom stereocenters. The molecule has 0 radical (unpaired) electrons. The van der Waals surface area contributed by atoms with Crippen LogP contribution < -0.4 is 16.6 Å². The Morgan fingerprint density at radius 3 is 2.56 bits per heavy atom. The van der Waals surface area contributed by atoms with E-state index in [4.69, 9.17) is 5.84 Å². The molecule has 0 saturated heterocycles. The number of aryl methyl sites for hydroxylation is 1. The minimum atomic E-state index is 0.235. The highest BCUT2D eigenvalue weighted by Gasteiger charge is 2.05. The van der Waals surface area contributed by atoms with E-state index in [9.17, 15) is 0 Å². The molecule has 94 valence electrons. The lowest BCUT2D eigenvalue weighted by atomic mass is 10.1. The molecule has 0 saturated carbocycles. The summed E-state index contributed by atoms with van der Waals surface area (Å²) in [6.07, 6.45) is 1.72. The zero-order valence-electron chi connectivity index (χ0n) is 10.6. The van der Waals surface area contributed by atoms with Crippen LogP contribution >= 0.6 is 0 Å². The Hall–Kier alpha value is -2.07. The van der Waals surface area contributed by atoms with Gasteiger partial charge in [0.25, 0.3) is 0 Å². The number of nitrogens with one attached hydrogen (secondary N) is 2. The average Bonchev–Trinajstić information content (AvgIpc) is 2.39. The van der Waals surface area contributed by atoms with Gasteiger partial charge in [-0.25, -0.2) is 10.8 Å². The van der Waals surface area contributed by atoms with Crippen LogP contribution in [-0.4, -0.2) is 4.98 Å². The van der Waals surface area contributed by atoms with Gasteiger partial charge in [0, 0.05) is 24.0 Å². The van der Waals surface area contributed by atoms with Gasteiger partial charge in [0.15, 0.2) is 0 Å². The lowest BCUT2D eigenvalue weighted by Gasteiger charge is -2.16. The van der Waals surface area contributed by atoms with Crippen LogP contribution in [0.4, 0.5) is 11.5 Å². The van der Waals surface area contributed by atoms with Gasteiger partial charge in [-0.3, -0.25) is 0 Å². The van der Waals surface area contributed by atoms with Crippen LogP contribution in [0.2, 0.25) is 0 Å². The van der Waals surface area contributed by atoms with E-state index >= 15 is 0 Å². The van der Waals surface area contributed by atoms with Crippen molar-refractivity contribution in [3.8, 4) is 0 Å². The number of aromatic nitrogens is 1. The molecule has 0 amide bonds. The molecule has 0 fully saturated rings. The Labute approximate surface area is 107 Å². The summed E-state index contributed by atoms with van der Waals surface area (Å²) in [7, 11) is 0. The molecule has 4 nitrogen and oxygen atoms in total. The van der Waals surface area contributed by atoms with Gasteiger partial charge < -0.3 is 10.7 Å². The summed E-state index contributed by atoms with van der Waals surface area (Å²) in [5, 5.41) is 3.42. The quantitative estimate of drug-likeness (QED) is 0.570. The van der Waals surface area contributed by atoms with E-state index in [1.807, 2.05) is 12.1 Å². The van der Waals surface area contributed by atoms with E-state index in [2.05, 4.69) is 53.8 Å². The molecule has 1 aromatic carbocycles. The highest BCUT2D eigenvalue weighted by Crippen LogP contribution is 2.20. The molecule has 4 heteroatoms. The van der Waals surface area contributed by atoms with Crippen molar-refractivity contribution < 1.29 is 0 Å². The Morgan fingerprint density at radius 1 is 1.17 bits per heavy atom. The molecule has 4 N–H and O–H groups in total. The van der Waals surface area contributed by atoms with E-state index in [1.165, 1.54) is 11.1 Å². The first-order valence-corrected chi connectivity index (χ1v) is 5.95. The second-order valence-corrected chi connectivity index (χ2v) is 4.35. The summed E-state index contributed by atoms with van der Waals surface area (Å²) in [6.45, 7) is 4.21. The lowest BCUT2D eigenvalue weighted by molar-refractivity contribution is 0.883. The predicted octanol–water partition coefficient (Wildman–Crippen LogP) is 2.85. The van der Waals surface area contributed by atoms with Crippen molar-refractivity contribution in [1.29, 1.82) is 0 Å².